The number of carbonyl (C=O) groups excluding carboxylic acids is 2. The third-order valence-corrected chi connectivity index (χ3v) is 5.55. The van der Waals surface area contributed by atoms with Crippen LogP contribution >= 0.6 is 0 Å². The Morgan fingerprint density at radius 2 is 1.82 bits per heavy atom. The van der Waals surface area contributed by atoms with Crippen molar-refractivity contribution in [1.29, 1.82) is 0 Å². The van der Waals surface area contributed by atoms with Crippen LogP contribution < -0.4 is 15.4 Å². The molecule has 2 aromatic carbocycles. The molecule has 2 aromatic heterocycles. The molecule has 0 aliphatic carbocycles. The van der Waals surface area contributed by atoms with Crippen molar-refractivity contribution < 1.29 is 37.0 Å². The van der Waals surface area contributed by atoms with Crippen LogP contribution in [0.2, 0.25) is 0 Å². The Labute approximate surface area is 224 Å². The minimum Gasteiger partial charge on any atom is -0.487 e. The molecule has 40 heavy (non-hydrogen) atoms. The third-order valence-electron chi connectivity index (χ3n) is 5.55. The number of imidazole rings is 1. The summed E-state index contributed by atoms with van der Waals surface area (Å²) in [4.78, 5) is 29.0. The van der Waals surface area contributed by atoms with Gasteiger partial charge in [-0.05, 0) is 36.4 Å². The Bertz CT molecular complexity index is 1470. The first-order valence-electron chi connectivity index (χ1n) is 11.8. The number of ether oxygens (including phenoxy) is 1. The number of halogens is 4. The van der Waals surface area contributed by atoms with Gasteiger partial charge in [0.25, 0.3) is 11.8 Å². The molecule has 210 valence electrons. The third kappa shape index (κ3) is 7.19. The number of alkyl halides is 3. The van der Waals surface area contributed by atoms with Gasteiger partial charge in [-0.2, -0.15) is 13.2 Å². The molecule has 0 radical (unpaired) electrons. The molecule has 4 rings (SSSR count). The molecule has 4 aromatic rings. The molecular weight excluding hydrogens is 538 g/mol. The van der Waals surface area contributed by atoms with Gasteiger partial charge in [0.05, 0.1) is 5.69 Å². The Kier molecular flexibility index (Phi) is 8.73. The molecule has 0 fully saturated rings. The molecular formula is C25H23F4N7O4. The van der Waals surface area contributed by atoms with Gasteiger partial charge in [-0.25, -0.2) is 14.1 Å². The van der Waals surface area contributed by atoms with Crippen molar-refractivity contribution in [3.05, 3.63) is 89.5 Å². The molecule has 0 unspecified atom stereocenters. The monoisotopic (exact) mass is 561 g/mol. The van der Waals surface area contributed by atoms with E-state index in [2.05, 4.69) is 20.6 Å². The van der Waals surface area contributed by atoms with E-state index in [0.29, 0.717) is 18.1 Å². The zero-order valence-corrected chi connectivity index (χ0v) is 20.7. The minimum absolute atomic E-state index is 0.0228. The van der Waals surface area contributed by atoms with Crippen molar-refractivity contribution in [2.75, 3.05) is 13.1 Å². The van der Waals surface area contributed by atoms with E-state index in [-0.39, 0.29) is 42.5 Å². The Hall–Kier alpha value is -4.79. The number of carbonyl (C=O) groups is 2. The minimum atomic E-state index is -4.55. The standard InChI is InChI=1S/C25H23F4N7O4/c26-17-2-1-3-19(12-17)40-14-20-22(24(39)31-9-11-35-10-8-30-21(35)13-37)33-34-36(20)18-6-4-16(5-7-18)23(38)32-15-25(27,28)29/h1-8,10,12,37H,9,11,13-15H2,(H,31,39)(H,32,38). The Morgan fingerprint density at radius 1 is 1.05 bits per heavy atom. The second-order valence-corrected chi connectivity index (χ2v) is 8.34. The number of aliphatic hydroxyl groups is 1. The van der Waals surface area contributed by atoms with Gasteiger partial charge in [-0.1, -0.05) is 11.3 Å². The maximum atomic E-state index is 13.6. The SMILES string of the molecule is O=C(NCC(F)(F)F)c1ccc(-n2nnc(C(=O)NCCn3ccnc3CO)c2COc2cccc(F)c2)cc1. The van der Waals surface area contributed by atoms with E-state index in [1.165, 1.54) is 53.3 Å². The van der Waals surface area contributed by atoms with Crippen LogP contribution in [0.15, 0.2) is 60.9 Å². The van der Waals surface area contributed by atoms with E-state index in [0.717, 1.165) is 6.07 Å². The normalized spacial score (nSPS) is 11.3. The highest BCUT2D eigenvalue weighted by Crippen LogP contribution is 2.19. The topological polar surface area (TPSA) is 136 Å². The molecule has 3 N–H and O–H groups in total. The van der Waals surface area contributed by atoms with Crippen molar-refractivity contribution >= 4 is 11.8 Å². The summed E-state index contributed by atoms with van der Waals surface area (Å²) < 4.78 is 59.5. The molecule has 0 aliphatic heterocycles. The summed E-state index contributed by atoms with van der Waals surface area (Å²) in [6, 6.07) is 10.8. The molecule has 0 spiro atoms. The molecule has 0 saturated heterocycles. The maximum Gasteiger partial charge on any atom is 0.405 e. The van der Waals surface area contributed by atoms with E-state index < -0.39 is 30.4 Å². The molecule has 11 nitrogen and oxygen atoms in total. The van der Waals surface area contributed by atoms with Crippen LogP contribution in [-0.4, -0.2) is 60.7 Å². The lowest BCUT2D eigenvalue weighted by molar-refractivity contribution is -0.123. The van der Waals surface area contributed by atoms with E-state index in [1.807, 2.05) is 0 Å². The smallest absolute Gasteiger partial charge is 0.405 e. The van der Waals surface area contributed by atoms with E-state index >= 15 is 0 Å². The van der Waals surface area contributed by atoms with Gasteiger partial charge < -0.3 is 25.0 Å². The second-order valence-electron chi connectivity index (χ2n) is 8.34. The van der Waals surface area contributed by atoms with Gasteiger partial charge in [-0.15, -0.1) is 5.10 Å². The summed E-state index contributed by atoms with van der Waals surface area (Å²) in [6.45, 7) is -1.49. The number of hydrogen-bond acceptors (Lipinski definition) is 7. The number of hydrogen-bond donors (Lipinski definition) is 3. The Balaban J connectivity index is 1.53. The number of nitrogens with zero attached hydrogens (tertiary/aromatic N) is 5. The van der Waals surface area contributed by atoms with Gasteiger partial charge in [-0.3, -0.25) is 9.59 Å². The summed E-state index contributed by atoms with van der Waals surface area (Å²) in [7, 11) is 0. The summed E-state index contributed by atoms with van der Waals surface area (Å²) in [5, 5.41) is 21.8. The first kappa shape index (κ1) is 28.2. The highest BCUT2D eigenvalue weighted by Gasteiger charge is 2.28. The van der Waals surface area contributed by atoms with E-state index in [4.69, 9.17) is 4.74 Å². The lowest BCUT2D eigenvalue weighted by Crippen LogP contribution is -2.33. The molecule has 0 atom stereocenters. The maximum absolute atomic E-state index is 13.6. The van der Waals surface area contributed by atoms with E-state index in [9.17, 15) is 32.3 Å². The summed E-state index contributed by atoms with van der Waals surface area (Å²) in [6.07, 6.45) is -1.38. The fourth-order valence-corrected chi connectivity index (χ4v) is 3.63. The number of benzene rings is 2. The van der Waals surface area contributed by atoms with Crippen LogP contribution in [0, 0.1) is 5.82 Å². The van der Waals surface area contributed by atoms with Crippen molar-refractivity contribution in [2.24, 2.45) is 0 Å². The van der Waals surface area contributed by atoms with Crippen LogP contribution in [0.4, 0.5) is 17.6 Å². The van der Waals surface area contributed by atoms with Crippen LogP contribution in [0.25, 0.3) is 5.69 Å². The zero-order valence-electron chi connectivity index (χ0n) is 20.7. The average molecular weight is 561 g/mol. The van der Waals surface area contributed by atoms with Crippen LogP contribution in [0.1, 0.15) is 32.4 Å². The molecule has 2 amide bonds. The van der Waals surface area contributed by atoms with Gasteiger partial charge in [0.2, 0.25) is 0 Å². The highest BCUT2D eigenvalue weighted by atomic mass is 19.4. The average Bonchev–Trinajstić information content (AvgIpc) is 3.57. The van der Waals surface area contributed by atoms with Gasteiger partial charge in [0.1, 0.15) is 42.8 Å². The fourth-order valence-electron chi connectivity index (χ4n) is 3.63. The molecule has 0 aliphatic rings. The van der Waals surface area contributed by atoms with Crippen molar-refractivity contribution in [3.63, 3.8) is 0 Å². The van der Waals surface area contributed by atoms with E-state index in [1.54, 1.807) is 16.1 Å². The fraction of sp³-hybridized carbons (Fsp3) is 0.240. The van der Waals surface area contributed by atoms with Gasteiger partial charge in [0.15, 0.2) is 5.69 Å². The number of rotatable bonds is 11. The summed E-state index contributed by atoms with van der Waals surface area (Å²) >= 11 is 0. The highest BCUT2D eigenvalue weighted by molar-refractivity contribution is 5.94. The zero-order chi connectivity index (χ0) is 28.7. The lowest BCUT2D eigenvalue weighted by Gasteiger charge is -2.12. The lowest BCUT2D eigenvalue weighted by atomic mass is 10.2. The van der Waals surface area contributed by atoms with Gasteiger partial charge >= 0.3 is 6.18 Å². The number of amides is 2. The summed E-state index contributed by atoms with van der Waals surface area (Å²) in [5.41, 5.74) is 0.416. The molecule has 0 bridgehead atoms. The predicted molar refractivity (Wildman–Crippen MR) is 131 cm³/mol. The van der Waals surface area contributed by atoms with Crippen LogP contribution in [0.3, 0.4) is 0 Å². The van der Waals surface area contributed by atoms with Gasteiger partial charge in [0, 0.05) is 37.1 Å². The number of nitrogens with one attached hydrogen (secondary N) is 2. The number of aliphatic hydroxyl groups excluding tert-OH is 1. The van der Waals surface area contributed by atoms with Crippen molar-refractivity contribution in [2.45, 2.75) is 25.9 Å². The molecule has 0 saturated carbocycles. The first-order chi connectivity index (χ1) is 19.1. The quantitative estimate of drug-likeness (QED) is 0.239. The summed E-state index contributed by atoms with van der Waals surface area (Å²) in [5.74, 6) is -1.41. The largest absolute Gasteiger partial charge is 0.487 e. The second kappa shape index (κ2) is 12.4. The first-order valence-corrected chi connectivity index (χ1v) is 11.8. The molecule has 2 heterocycles. The number of aromatic nitrogens is 5. The van der Waals surface area contributed by atoms with Crippen LogP contribution in [-0.2, 0) is 19.8 Å². The van der Waals surface area contributed by atoms with Crippen LogP contribution in [0.5, 0.6) is 5.75 Å². The van der Waals surface area contributed by atoms with Crippen molar-refractivity contribution in [3.8, 4) is 11.4 Å². The van der Waals surface area contributed by atoms with Crippen molar-refractivity contribution in [1.82, 2.24) is 35.2 Å². The predicted octanol–water partition coefficient (Wildman–Crippen LogP) is 2.40. The Morgan fingerprint density at radius 3 is 2.52 bits per heavy atom. The molecule has 15 heteroatoms.